The Morgan fingerprint density at radius 2 is 1.83 bits per heavy atom. The summed E-state index contributed by atoms with van der Waals surface area (Å²) in [5.74, 6) is -1.21. The molecule has 1 fully saturated rings. The molecule has 0 spiro atoms. The SMILES string of the molecule is C[C@@H](OC(=O)c1ccccc1C(=O)c1cccs1)C(=O)NC1CC1. The fourth-order valence-electron chi connectivity index (χ4n) is 2.22. The summed E-state index contributed by atoms with van der Waals surface area (Å²) in [5, 5.41) is 4.59. The molecule has 1 amide bonds. The number of amides is 1. The first kappa shape index (κ1) is 16.4. The van der Waals surface area contributed by atoms with Crippen LogP contribution in [0.4, 0.5) is 0 Å². The monoisotopic (exact) mass is 343 g/mol. The van der Waals surface area contributed by atoms with E-state index in [2.05, 4.69) is 5.32 Å². The van der Waals surface area contributed by atoms with Gasteiger partial charge in [-0.15, -0.1) is 11.3 Å². The number of ether oxygens (including phenoxy) is 1. The minimum Gasteiger partial charge on any atom is -0.449 e. The summed E-state index contributed by atoms with van der Waals surface area (Å²) in [6.45, 7) is 1.53. The van der Waals surface area contributed by atoms with Crippen molar-refractivity contribution in [1.82, 2.24) is 5.32 Å². The van der Waals surface area contributed by atoms with Gasteiger partial charge in [0.1, 0.15) is 0 Å². The average Bonchev–Trinajstić information content (AvgIpc) is 3.23. The molecule has 24 heavy (non-hydrogen) atoms. The van der Waals surface area contributed by atoms with E-state index in [1.54, 1.807) is 35.7 Å². The van der Waals surface area contributed by atoms with Gasteiger partial charge in [0, 0.05) is 11.6 Å². The Balaban J connectivity index is 1.75. The summed E-state index contributed by atoms with van der Waals surface area (Å²) in [7, 11) is 0. The summed E-state index contributed by atoms with van der Waals surface area (Å²) in [4.78, 5) is 37.4. The molecule has 0 unspecified atom stereocenters. The second kappa shape index (κ2) is 6.97. The van der Waals surface area contributed by atoms with E-state index in [1.807, 2.05) is 0 Å². The first-order chi connectivity index (χ1) is 11.6. The van der Waals surface area contributed by atoms with Crippen LogP contribution in [-0.4, -0.2) is 29.8 Å². The van der Waals surface area contributed by atoms with Crippen LogP contribution < -0.4 is 5.32 Å². The van der Waals surface area contributed by atoms with Gasteiger partial charge in [-0.05, 0) is 37.3 Å². The standard InChI is InChI=1S/C18H17NO4S/c1-11(17(21)19-12-8-9-12)23-18(22)14-6-3-2-5-13(14)16(20)15-7-4-10-24-15/h2-7,10-12H,8-9H2,1H3,(H,19,21)/t11-/m1/s1. The minimum absolute atomic E-state index is 0.168. The summed E-state index contributed by atoms with van der Waals surface area (Å²) in [6.07, 6.45) is 1.03. The van der Waals surface area contributed by atoms with Crippen molar-refractivity contribution >= 4 is 29.0 Å². The number of hydrogen-bond donors (Lipinski definition) is 1. The molecule has 0 radical (unpaired) electrons. The number of thiophene rings is 1. The normalized spacial score (nSPS) is 14.7. The molecule has 1 heterocycles. The molecule has 1 aliphatic carbocycles. The van der Waals surface area contributed by atoms with Crippen LogP contribution >= 0.6 is 11.3 Å². The smallest absolute Gasteiger partial charge is 0.339 e. The molecule has 5 nitrogen and oxygen atoms in total. The Hall–Kier alpha value is -2.47. The van der Waals surface area contributed by atoms with Gasteiger partial charge >= 0.3 is 5.97 Å². The Bertz CT molecular complexity index is 765. The summed E-state index contributed by atoms with van der Waals surface area (Å²) >= 11 is 1.31. The average molecular weight is 343 g/mol. The quantitative estimate of drug-likeness (QED) is 0.647. The lowest BCUT2D eigenvalue weighted by Crippen LogP contribution is -2.37. The zero-order valence-corrected chi connectivity index (χ0v) is 14.0. The molecule has 1 N–H and O–H groups in total. The van der Waals surface area contributed by atoms with Gasteiger partial charge in [0.2, 0.25) is 5.78 Å². The van der Waals surface area contributed by atoms with E-state index < -0.39 is 12.1 Å². The number of nitrogens with one attached hydrogen (secondary N) is 1. The van der Waals surface area contributed by atoms with Crippen molar-refractivity contribution in [2.75, 3.05) is 0 Å². The van der Waals surface area contributed by atoms with E-state index in [1.165, 1.54) is 24.3 Å². The second-order valence-electron chi connectivity index (χ2n) is 5.68. The first-order valence-corrected chi connectivity index (χ1v) is 8.63. The number of benzene rings is 1. The van der Waals surface area contributed by atoms with Crippen LogP contribution in [-0.2, 0) is 9.53 Å². The number of hydrogen-bond acceptors (Lipinski definition) is 5. The molecule has 1 saturated carbocycles. The predicted molar refractivity (Wildman–Crippen MR) is 90.2 cm³/mol. The van der Waals surface area contributed by atoms with E-state index in [0.29, 0.717) is 4.88 Å². The van der Waals surface area contributed by atoms with Gasteiger partial charge in [0.15, 0.2) is 6.10 Å². The van der Waals surface area contributed by atoms with Gasteiger partial charge in [-0.3, -0.25) is 9.59 Å². The van der Waals surface area contributed by atoms with E-state index in [-0.39, 0.29) is 28.9 Å². The second-order valence-corrected chi connectivity index (χ2v) is 6.63. The van der Waals surface area contributed by atoms with Crippen LogP contribution in [0.3, 0.4) is 0 Å². The molecule has 2 aromatic rings. The van der Waals surface area contributed by atoms with Crippen LogP contribution in [0.1, 0.15) is 45.4 Å². The molecule has 1 aromatic heterocycles. The number of esters is 1. The van der Waals surface area contributed by atoms with Crippen LogP contribution in [0.5, 0.6) is 0 Å². The van der Waals surface area contributed by atoms with Crippen molar-refractivity contribution in [3.63, 3.8) is 0 Å². The van der Waals surface area contributed by atoms with Crippen molar-refractivity contribution in [2.45, 2.75) is 31.9 Å². The van der Waals surface area contributed by atoms with E-state index in [0.717, 1.165) is 12.8 Å². The van der Waals surface area contributed by atoms with Crippen molar-refractivity contribution in [3.8, 4) is 0 Å². The Kier molecular flexibility index (Phi) is 4.76. The van der Waals surface area contributed by atoms with Crippen LogP contribution in [0.25, 0.3) is 0 Å². The van der Waals surface area contributed by atoms with Crippen LogP contribution in [0.15, 0.2) is 41.8 Å². The highest BCUT2D eigenvalue weighted by molar-refractivity contribution is 7.12. The minimum atomic E-state index is -0.900. The maximum Gasteiger partial charge on any atom is 0.339 e. The Morgan fingerprint density at radius 1 is 1.12 bits per heavy atom. The lowest BCUT2D eigenvalue weighted by atomic mass is 10.0. The molecule has 124 valence electrons. The van der Waals surface area contributed by atoms with Gasteiger partial charge in [-0.25, -0.2) is 4.79 Å². The van der Waals surface area contributed by atoms with Crippen molar-refractivity contribution in [1.29, 1.82) is 0 Å². The molecule has 1 aromatic carbocycles. The topological polar surface area (TPSA) is 72.5 Å². The van der Waals surface area contributed by atoms with Crippen molar-refractivity contribution < 1.29 is 19.1 Å². The molecule has 0 aliphatic heterocycles. The number of carbonyl (C=O) groups is 3. The van der Waals surface area contributed by atoms with Crippen LogP contribution in [0, 0.1) is 0 Å². The molecule has 0 saturated heterocycles. The zero-order chi connectivity index (χ0) is 17.1. The zero-order valence-electron chi connectivity index (χ0n) is 13.2. The van der Waals surface area contributed by atoms with Crippen molar-refractivity contribution in [2.24, 2.45) is 0 Å². The van der Waals surface area contributed by atoms with Gasteiger partial charge in [0.05, 0.1) is 10.4 Å². The molecule has 3 rings (SSSR count). The number of carbonyl (C=O) groups excluding carboxylic acids is 3. The van der Waals surface area contributed by atoms with Gasteiger partial charge in [-0.1, -0.05) is 24.3 Å². The van der Waals surface area contributed by atoms with E-state index in [4.69, 9.17) is 4.74 Å². The third-order valence-electron chi connectivity index (χ3n) is 3.71. The summed E-state index contributed by atoms with van der Waals surface area (Å²) in [6, 6.07) is 10.2. The Morgan fingerprint density at radius 3 is 2.46 bits per heavy atom. The number of ketones is 1. The lowest BCUT2D eigenvalue weighted by Gasteiger charge is -2.14. The number of rotatable bonds is 6. The third kappa shape index (κ3) is 3.71. The lowest BCUT2D eigenvalue weighted by molar-refractivity contribution is -0.129. The summed E-state index contributed by atoms with van der Waals surface area (Å²) in [5.41, 5.74) is 0.446. The highest BCUT2D eigenvalue weighted by Crippen LogP contribution is 2.21. The summed E-state index contributed by atoms with van der Waals surface area (Å²) < 4.78 is 5.24. The predicted octanol–water partition coefficient (Wildman–Crippen LogP) is 2.80. The highest BCUT2D eigenvalue weighted by atomic mass is 32.1. The molecule has 1 aliphatic rings. The fraction of sp³-hybridized carbons (Fsp3) is 0.278. The maximum absolute atomic E-state index is 12.5. The maximum atomic E-state index is 12.5. The van der Waals surface area contributed by atoms with Gasteiger partial charge in [-0.2, -0.15) is 0 Å². The molecule has 0 bridgehead atoms. The van der Waals surface area contributed by atoms with Gasteiger partial charge < -0.3 is 10.1 Å². The van der Waals surface area contributed by atoms with Crippen LogP contribution in [0.2, 0.25) is 0 Å². The van der Waals surface area contributed by atoms with E-state index in [9.17, 15) is 14.4 Å². The largest absolute Gasteiger partial charge is 0.449 e. The van der Waals surface area contributed by atoms with Crippen molar-refractivity contribution in [3.05, 3.63) is 57.8 Å². The highest BCUT2D eigenvalue weighted by Gasteiger charge is 2.28. The Labute approximate surface area is 143 Å². The molecule has 1 atom stereocenters. The first-order valence-electron chi connectivity index (χ1n) is 7.75. The molecule has 6 heteroatoms. The van der Waals surface area contributed by atoms with Gasteiger partial charge in [0.25, 0.3) is 5.91 Å². The van der Waals surface area contributed by atoms with E-state index >= 15 is 0 Å². The fourth-order valence-corrected chi connectivity index (χ4v) is 2.90. The molecular weight excluding hydrogens is 326 g/mol. The third-order valence-corrected chi connectivity index (χ3v) is 4.58. The molecular formula is C18H17NO4S.